The molecule has 18 N–H and O–H groups in total. The quantitative estimate of drug-likeness (QED) is 0.0269. The van der Waals surface area contributed by atoms with Crippen LogP contribution in [0, 0.1) is 0 Å². The largest absolute Gasteiger partial charge is 0.480 e. The summed E-state index contributed by atoms with van der Waals surface area (Å²) in [6.45, 7) is -1.87. The molecule has 0 bridgehead atoms. The molecule has 0 aromatic carbocycles. The van der Waals surface area contributed by atoms with Crippen molar-refractivity contribution in [2.45, 2.75) is 108 Å². The Hall–Kier alpha value is -8.98. The molecule has 0 spiro atoms. The number of aliphatic hydroxyl groups excluding tert-OH is 1. The monoisotopic (exact) mass is 1290 g/mol. The molecule has 0 aliphatic heterocycles. The zero-order chi connectivity index (χ0) is 67.4. The van der Waals surface area contributed by atoms with Crippen LogP contribution in [0.15, 0.2) is 12.5 Å². The number of nitrogens with two attached hydrogens (primary N) is 1. The van der Waals surface area contributed by atoms with Crippen LogP contribution in [0.3, 0.4) is 0 Å². The topological polar surface area (TPSA) is 564 Å². The molecule has 0 saturated heterocycles. The SMILES string of the molecule is CCCCC(NC(=O)C(CNC(=O)CN(CC(=O)O)CC(=O)O)NC(=O)C(Cc1c[nH]cn1)NC(=O)C(CCC(N)=O)NC(=O)C(CO)NC(=O)CNC(=O)COCCOCCNC(=O)COCCOCCNC(=O)CCC(NC(=O)CC)C(=O)O)C(=O)NC. The minimum atomic E-state index is -1.76. The van der Waals surface area contributed by atoms with Crippen LogP contribution in [-0.2, 0) is 97.3 Å². The van der Waals surface area contributed by atoms with E-state index in [0.29, 0.717) is 12.8 Å². The van der Waals surface area contributed by atoms with Gasteiger partial charge in [-0.3, -0.25) is 72.0 Å². The number of carboxylic acids is 3. The predicted octanol–water partition coefficient (Wildman–Crippen LogP) is -8.67. The lowest BCUT2D eigenvalue weighted by Gasteiger charge is -2.27. The summed E-state index contributed by atoms with van der Waals surface area (Å²) in [6, 6.07) is -9.19. The van der Waals surface area contributed by atoms with Crippen LogP contribution in [0.25, 0.3) is 0 Å². The molecular formula is C52H85N15O23. The van der Waals surface area contributed by atoms with E-state index in [9.17, 15) is 92.3 Å². The number of imidazole rings is 1. The van der Waals surface area contributed by atoms with Crippen LogP contribution in [-0.4, -0.2) is 273 Å². The fourth-order valence-corrected chi connectivity index (χ4v) is 7.48. The molecule has 38 heteroatoms. The minimum absolute atomic E-state index is 0.00181. The number of hydrogen-bond acceptors (Lipinski definition) is 22. The molecule has 6 atom stereocenters. The number of carboxylic acid groups (broad SMARTS) is 3. The lowest BCUT2D eigenvalue weighted by Crippen LogP contribution is -2.61. The highest BCUT2D eigenvalue weighted by molar-refractivity contribution is 5.97. The minimum Gasteiger partial charge on any atom is -0.480 e. The summed E-state index contributed by atoms with van der Waals surface area (Å²) in [5, 5.41) is 63.9. The highest BCUT2D eigenvalue weighted by Gasteiger charge is 2.34. The molecule has 0 radical (unpaired) electrons. The van der Waals surface area contributed by atoms with Gasteiger partial charge in [-0.2, -0.15) is 0 Å². The summed E-state index contributed by atoms with van der Waals surface area (Å²) in [6.07, 6.45) is 2.30. The first-order chi connectivity index (χ1) is 42.8. The molecule has 6 unspecified atom stereocenters. The first-order valence-corrected chi connectivity index (χ1v) is 28.5. The van der Waals surface area contributed by atoms with E-state index in [1.165, 1.54) is 19.6 Å². The third-order valence-corrected chi connectivity index (χ3v) is 12.1. The van der Waals surface area contributed by atoms with Gasteiger partial charge in [-0.15, -0.1) is 0 Å². The zero-order valence-corrected chi connectivity index (χ0v) is 50.3. The highest BCUT2D eigenvalue weighted by Crippen LogP contribution is 2.07. The first kappa shape index (κ1) is 79.0. The Morgan fingerprint density at radius 3 is 1.59 bits per heavy atom. The van der Waals surface area contributed by atoms with Crippen molar-refractivity contribution in [1.82, 2.24) is 73.4 Å². The number of primary amides is 1. The van der Waals surface area contributed by atoms with E-state index in [2.05, 4.69) is 68.5 Å². The zero-order valence-electron chi connectivity index (χ0n) is 50.3. The predicted molar refractivity (Wildman–Crippen MR) is 307 cm³/mol. The van der Waals surface area contributed by atoms with Gasteiger partial charge in [0.1, 0.15) is 49.5 Å². The molecule has 38 nitrogen and oxygen atoms in total. The number of amides is 12. The number of hydrogen-bond donors (Lipinski definition) is 17. The summed E-state index contributed by atoms with van der Waals surface area (Å²) in [5.74, 6) is -14.2. The summed E-state index contributed by atoms with van der Waals surface area (Å²) < 4.78 is 21.1. The molecule has 0 saturated carbocycles. The van der Waals surface area contributed by atoms with Gasteiger partial charge in [0.15, 0.2) is 0 Å². The molecule has 1 rings (SSSR count). The normalized spacial score (nSPS) is 12.9. The molecule has 1 aromatic rings. The van der Waals surface area contributed by atoms with E-state index >= 15 is 0 Å². The number of aromatic nitrogens is 2. The Morgan fingerprint density at radius 2 is 1.06 bits per heavy atom. The number of nitrogens with one attached hydrogen (secondary N) is 12. The summed E-state index contributed by atoms with van der Waals surface area (Å²) in [7, 11) is 1.32. The van der Waals surface area contributed by atoms with Crippen molar-refractivity contribution in [3.63, 3.8) is 0 Å². The number of nitrogens with zero attached hydrogens (tertiary/aromatic N) is 2. The number of aliphatic carboxylic acids is 3. The van der Waals surface area contributed by atoms with Crippen molar-refractivity contribution in [1.29, 1.82) is 0 Å². The van der Waals surface area contributed by atoms with Gasteiger partial charge in [-0.25, -0.2) is 9.78 Å². The van der Waals surface area contributed by atoms with Gasteiger partial charge < -0.3 is 109 Å². The van der Waals surface area contributed by atoms with E-state index in [-0.39, 0.29) is 90.7 Å². The molecule has 1 aromatic heterocycles. The van der Waals surface area contributed by atoms with Gasteiger partial charge in [-0.05, 0) is 19.3 Å². The van der Waals surface area contributed by atoms with Crippen LogP contribution in [0.1, 0.15) is 70.9 Å². The maximum absolute atomic E-state index is 14.2. The average molecular weight is 1290 g/mol. The second-order valence-electron chi connectivity index (χ2n) is 19.5. The van der Waals surface area contributed by atoms with Crippen molar-refractivity contribution in [3.05, 3.63) is 18.2 Å². The third-order valence-electron chi connectivity index (χ3n) is 12.1. The van der Waals surface area contributed by atoms with Crippen molar-refractivity contribution >= 4 is 88.8 Å². The van der Waals surface area contributed by atoms with E-state index in [0.717, 1.165) is 4.90 Å². The molecule has 90 heavy (non-hydrogen) atoms. The van der Waals surface area contributed by atoms with Gasteiger partial charge >= 0.3 is 17.9 Å². The van der Waals surface area contributed by atoms with Crippen LogP contribution < -0.4 is 64.2 Å². The molecule has 12 amide bonds. The fraction of sp³-hybridized carbons (Fsp3) is 0.654. The van der Waals surface area contributed by atoms with Gasteiger partial charge in [0.25, 0.3) is 0 Å². The van der Waals surface area contributed by atoms with E-state index in [1.54, 1.807) is 6.92 Å². The number of H-pyrrole nitrogens is 1. The Kier molecular flexibility index (Phi) is 40.6. The van der Waals surface area contributed by atoms with E-state index in [4.69, 9.17) is 24.7 Å². The van der Waals surface area contributed by atoms with Crippen molar-refractivity contribution in [2.75, 3.05) is 112 Å². The number of unbranched alkanes of at least 4 members (excludes halogenated alkanes) is 1. The van der Waals surface area contributed by atoms with Gasteiger partial charge in [0.05, 0.1) is 84.4 Å². The van der Waals surface area contributed by atoms with Gasteiger partial charge in [-0.1, -0.05) is 26.7 Å². The molecular weight excluding hydrogens is 1200 g/mol. The number of carbonyl (C=O) groups is 15. The van der Waals surface area contributed by atoms with E-state index < -0.39 is 190 Å². The Labute approximate surface area is 516 Å². The summed E-state index contributed by atoms with van der Waals surface area (Å²) in [5.41, 5.74) is 5.51. The summed E-state index contributed by atoms with van der Waals surface area (Å²) >= 11 is 0. The molecule has 0 aliphatic rings. The number of aromatic amines is 1. The van der Waals surface area contributed by atoms with Crippen molar-refractivity contribution in [3.8, 4) is 0 Å². The number of aliphatic hydroxyl groups is 1. The number of ether oxygens (including phenoxy) is 4. The van der Waals surface area contributed by atoms with Crippen LogP contribution in [0.5, 0.6) is 0 Å². The Bertz CT molecular complexity index is 2490. The lowest BCUT2D eigenvalue weighted by atomic mass is 10.1. The number of rotatable bonds is 51. The van der Waals surface area contributed by atoms with E-state index in [1.807, 2.05) is 6.92 Å². The number of carbonyl (C=O) groups excluding carboxylic acids is 12. The molecule has 0 aliphatic carbocycles. The standard InChI is InChI=1S/C52H85N15O23/c1-4-6-7-32(47(80)54-3)63-50(83)36(22-58-42(73)24-67(25-45(76)77)26-46(78)79)66-49(82)35(20-31-21-55-30-60-31)65-48(81)33(8-10-38(53)69)64-51(84)37(27-68)62-41(72)23-59-44(75)29-90-19-17-88-15-13-57-43(74)28-89-18-16-87-14-12-56-40(71)11-9-34(52(85)86)61-39(70)5-2/h21,30,32-37,68H,4-20,22-29H2,1-3H3,(H2,53,69)(H,54,80)(H,55,60)(H,56,71)(H,57,74)(H,58,73)(H,59,75)(H,61,70)(H,62,72)(H,63,83)(H,64,84)(H,65,81)(H,66,82)(H,76,77)(H,78,79)(H,85,86). The molecule has 506 valence electrons. The summed E-state index contributed by atoms with van der Waals surface area (Å²) in [4.78, 5) is 195. The van der Waals surface area contributed by atoms with Crippen molar-refractivity contribution < 1.29 is 111 Å². The third kappa shape index (κ3) is 37.0. The fourth-order valence-electron chi connectivity index (χ4n) is 7.48. The maximum Gasteiger partial charge on any atom is 0.326 e. The molecule has 1 heterocycles. The number of likely N-dealkylation sites (N-methyl/N-ethyl adjacent to an activating group) is 1. The second kappa shape index (κ2) is 46.2. The van der Waals surface area contributed by atoms with Crippen LogP contribution >= 0.6 is 0 Å². The highest BCUT2D eigenvalue weighted by atomic mass is 16.5. The van der Waals surface area contributed by atoms with Crippen LogP contribution in [0.4, 0.5) is 0 Å². The van der Waals surface area contributed by atoms with Gasteiger partial charge in [0, 0.05) is 58.6 Å². The average Bonchev–Trinajstić information content (AvgIpc) is 3.44. The van der Waals surface area contributed by atoms with Crippen LogP contribution in [0.2, 0.25) is 0 Å². The molecule has 0 fully saturated rings. The maximum atomic E-state index is 14.2. The smallest absolute Gasteiger partial charge is 0.326 e. The van der Waals surface area contributed by atoms with Gasteiger partial charge in [0.2, 0.25) is 70.9 Å². The Morgan fingerprint density at radius 1 is 0.544 bits per heavy atom. The first-order valence-electron chi connectivity index (χ1n) is 28.5. The second-order valence-corrected chi connectivity index (χ2v) is 19.5. The Balaban J connectivity index is 2.78. The van der Waals surface area contributed by atoms with Crippen molar-refractivity contribution in [2.24, 2.45) is 5.73 Å². The lowest BCUT2D eigenvalue weighted by molar-refractivity contribution is -0.143.